The average Bonchev–Trinajstić information content (AvgIpc) is 3.04. The second-order valence-corrected chi connectivity index (χ2v) is 5.69. The van der Waals surface area contributed by atoms with Crippen molar-refractivity contribution in [2.45, 2.75) is 38.2 Å². The van der Waals surface area contributed by atoms with E-state index in [9.17, 15) is 5.11 Å². The molecule has 0 aromatic heterocycles. The summed E-state index contributed by atoms with van der Waals surface area (Å²) in [5.41, 5.74) is 2.85. The number of benzene rings is 1. The van der Waals surface area contributed by atoms with E-state index in [2.05, 4.69) is 29.2 Å². The molecule has 1 saturated carbocycles. The zero-order valence-electron chi connectivity index (χ0n) is 10.5. The van der Waals surface area contributed by atoms with Crippen LogP contribution < -0.4 is 4.90 Å². The van der Waals surface area contributed by atoms with Crippen LogP contribution in [0.15, 0.2) is 24.3 Å². The molecule has 2 aliphatic rings. The summed E-state index contributed by atoms with van der Waals surface area (Å²) < 4.78 is 0. The second kappa shape index (κ2) is 4.34. The van der Waals surface area contributed by atoms with Gasteiger partial charge in [-0.15, -0.1) is 0 Å². The summed E-state index contributed by atoms with van der Waals surface area (Å²) in [5, 5.41) is 9.60. The lowest BCUT2D eigenvalue weighted by molar-refractivity contribution is 0.176. The van der Waals surface area contributed by atoms with Crippen molar-refractivity contribution in [2.75, 3.05) is 18.0 Å². The van der Waals surface area contributed by atoms with Crippen LogP contribution in [0.4, 0.5) is 5.69 Å². The lowest BCUT2D eigenvalue weighted by atomic mass is 9.96. The highest BCUT2D eigenvalue weighted by atomic mass is 16.3. The number of rotatable bonds is 4. The van der Waals surface area contributed by atoms with Crippen LogP contribution in [0, 0.1) is 5.92 Å². The van der Waals surface area contributed by atoms with E-state index < -0.39 is 0 Å². The van der Waals surface area contributed by atoms with E-state index in [1.807, 2.05) is 6.92 Å². The second-order valence-electron chi connectivity index (χ2n) is 5.69. The van der Waals surface area contributed by atoms with Gasteiger partial charge in [-0.2, -0.15) is 0 Å². The third-order valence-corrected chi connectivity index (χ3v) is 3.96. The van der Waals surface area contributed by atoms with Crippen LogP contribution in [0.25, 0.3) is 0 Å². The first-order valence-electron chi connectivity index (χ1n) is 6.76. The molecule has 1 heterocycles. The Bertz CT molecular complexity index is 369. The van der Waals surface area contributed by atoms with Gasteiger partial charge in [-0.3, -0.25) is 0 Å². The quantitative estimate of drug-likeness (QED) is 0.861. The van der Waals surface area contributed by atoms with E-state index in [-0.39, 0.29) is 6.10 Å². The van der Waals surface area contributed by atoms with Gasteiger partial charge in [-0.1, -0.05) is 18.2 Å². The molecule has 1 N–H and O–H groups in total. The van der Waals surface area contributed by atoms with Gasteiger partial charge in [0, 0.05) is 24.7 Å². The van der Waals surface area contributed by atoms with Gasteiger partial charge in [-0.05, 0) is 43.7 Å². The van der Waals surface area contributed by atoms with Crippen molar-refractivity contribution in [3.05, 3.63) is 29.8 Å². The maximum Gasteiger partial charge on any atom is 0.0518 e. The predicted molar refractivity (Wildman–Crippen MR) is 70.4 cm³/mol. The fraction of sp³-hybridized carbons (Fsp3) is 0.600. The molecule has 1 aliphatic heterocycles. The molecule has 17 heavy (non-hydrogen) atoms. The molecule has 1 aliphatic carbocycles. The number of aliphatic hydroxyl groups is 1. The summed E-state index contributed by atoms with van der Waals surface area (Å²) in [6.45, 7) is 4.21. The standard InChI is InChI=1S/C15H21NO/c1-11(17)8-13-10-16(9-12-6-7-12)15-5-3-2-4-14(13)15/h2-5,11-13,17H,6-10H2,1H3. The number of nitrogens with zero attached hydrogens (tertiary/aromatic N) is 1. The fourth-order valence-electron chi connectivity index (χ4n) is 2.98. The van der Waals surface area contributed by atoms with Crippen molar-refractivity contribution in [1.82, 2.24) is 0 Å². The molecule has 2 heteroatoms. The van der Waals surface area contributed by atoms with Gasteiger partial charge >= 0.3 is 0 Å². The number of para-hydroxylation sites is 1. The fourth-order valence-corrected chi connectivity index (χ4v) is 2.98. The lowest BCUT2D eigenvalue weighted by Crippen LogP contribution is -2.25. The highest BCUT2D eigenvalue weighted by Crippen LogP contribution is 2.41. The summed E-state index contributed by atoms with van der Waals surface area (Å²) in [6.07, 6.45) is 3.49. The van der Waals surface area contributed by atoms with Gasteiger partial charge in [0.1, 0.15) is 0 Å². The number of hydrogen-bond acceptors (Lipinski definition) is 2. The van der Waals surface area contributed by atoms with Crippen LogP contribution in [0.2, 0.25) is 0 Å². The minimum absolute atomic E-state index is 0.200. The Morgan fingerprint density at radius 1 is 1.35 bits per heavy atom. The first-order chi connectivity index (χ1) is 8.24. The molecule has 1 fully saturated rings. The van der Waals surface area contributed by atoms with Crippen LogP contribution in [0.5, 0.6) is 0 Å². The lowest BCUT2D eigenvalue weighted by Gasteiger charge is -2.19. The molecule has 2 atom stereocenters. The maximum absolute atomic E-state index is 9.60. The molecule has 92 valence electrons. The molecule has 0 spiro atoms. The number of anilines is 1. The van der Waals surface area contributed by atoms with E-state index in [4.69, 9.17) is 0 Å². The molecule has 0 amide bonds. The van der Waals surface area contributed by atoms with E-state index in [1.54, 1.807) is 0 Å². The van der Waals surface area contributed by atoms with Gasteiger partial charge in [0.15, 0.2) is 0 Å². The highest BCUT2D eigenvalue weighted by molar-refractivity contribution is 5.60. The minimum atomic E-state index is -0.200. The zero-order valence-corrected chi connectivity index (χ0v) is 10.5. The Labute approximate surface area is 103 Å². The first kappa shape index (κ1) is 11.1. The van der Waals surface area contributed by atoms with Crippen molar-refractivity contribution in [3.63, 3.8) is 0 Å². The summed E-state index contributed by atoms with van der Waals surface area (Å²) in [4.78, 5) is 2.53. The van der Waals surface area contributed by atoms with Crippen molar-refractivity contribution in [3.8, 4) is 0 Å². The third-order valence-electron chi connectivity index (χ3n) is 3.96. The van der Waals surface area contributed by atoms with Gasteiger partial charge in [-0.25, -0.2) is 0 Å². The Morgan fingerprint density at radius 3 is 2.82 bits per heavy atom. The van der Waals surface area contributed by atoms with Crippen LogP contribution in [0.1, 0.15) is 37.7 Å². The summed E-state index contributed by atoms with van der Waals surface area (Å²) in [7, 11) is 0. The van der Waals surface area contributed by atoms with Crippen LogP contribution in [-0.4, -0.2) is 24.3 Å². The Kier molecular flexibility index (Phi) is 2.83. The van der Waals surface area contributed by atoms with Gasteiger partial charge < -0.3 is 10.0 Å². The summed E-state index contributed by atoms with van der Waals surface area (Å²) in [6, 6.07) is 8.72. The summed E-state index contributed by atoms with van der Waals surface area (Å²) >= 11 is 0. The smallest absolute Gasteiger partial charge is 0.0518 e. The predicted octanol–water partition coefficient (Wildman–Crippen LogP) is 2.77. The monoisotopic (exact) mass is 231 g/mol. The van der Waals surface area contributed by atoms with Crippen molar-refractivity contribution >= 4 is 5.69 Å². The third kappa shape index (κ3) is 2.32. The number of fused-ring (bicyclic) bond motifs is 1. The topological polar surface area (TPSA) is 23.5 Å². The normalized spacial score (nSPS) is 24.8. The Morgan fingerprint density at radius 2 is 2.12 bits per heavy atom. The first-order valence-corrected chi connectivity index (χ1v) is 6.76. The van der Waals surface area contributed by atoms with Crippen molar-refractivity contribution in [1.29, 1.82) is 0 Å². The molecule has 3 rings (SSSR count). The molecule has 0 saturated heterocycles. The molecule has 2 unspecified atom stereocenters. The molecule has 0 bridgehead atoms. The number of hydrogen-bond donors (Lipinski definition) is 1. The molecule has 2 nitrogen and oxygen atoms in total. The molecular formula is C15H21NO. The summed E-state index contributed by atoms with van der Waals surface area (Å²) in [5.74, 6) is 1.44. The Hall–Kier alpha value is -1.02. The van der Waals surface area contributed by atoms with E-state index in [0.717, 1.165) is 18.9 Å². The molecule has 1 aromatic rings. The van der Waals surface area contributed by atoms with E-state index in [1.165, 1.54) is 30.6 Å². The SMILES string of the molecule is CC(O)CC1CN(CC2CC2)c2ccccc21. The van der Waals surface area contributed by atoms with Gasteiger partial charge in [0.05, 0.1) is 6.10 Å². The number of aliphatic hydroxyl groups excluding tert-OH is 1. The Balaban J connectivity index is 1.81. The molecular weight excluding hydrogens is 210 g/mol. The average molecular weight is 231 g/mol. The van der Waals surface area contributed by atoms with Crippen molar-refractivity contribution < 1.29 is 5.11 Å². The molecule has 1 aromatic carbocycles. The highest BCUT2D eigenvalue weighted by Gasteiger charge is 2.32. The molecule has 0 radical (unpaired) electrons. The van der Waals surface area contributed by atoms with Crippen molar-refractivity contribution in [2.24, 2.45) is 5.92 Å². The van der Waals surface area contributed by atoms with Crippen LogP contribution in [0.3, 0.4) is 0 Å². The van der Waals surface area contributed by atoms with Crippen LogP contribution in [-0.2, 0) is 0 Å². The zero-order chi connectivity index (χ0) is 11.8. The van der Waals surface area contributed by atoms with Crippen LogP contribution >= 0.6 is 0 Å². The largest absolute Gasteiger partial charge is 0.393 e. The van der Waals surface area contributed by atoms with E-state index >= 15 is 0 Å². The van der Waals surface area contributed by atoms with E-state index in [0.29, 0.717) is 5.92 Å². The van der Waals surface area contributed by atoms with Gasteiger partial charge in [0.25, 0.3) is 0 Å². The maximum atomic E-state index is 9.60. The van der Waals surface area contributed by atoms with Gasteiger partial charge in [0.2, 0.25) is 0 Å². The minimum Gasteiger partial charge on any atom is -0.393 e.